The fourth-order valence-corrected chi connectivity index (χ4v) is 2.15. The second-order valence-electron chi connectivity index (χ2n) is 4.27. The number of nitrogens with one attached hydrogen (secondary N) is 1. The van der Waals surface area contributed by atoms with Gasteiger partial charge < -0.3 is 15.8 Å². The Labute approximate surface area is 132 Å². The summed E-state index contributed by atoms with van der Waals surface area (Å²) in [5.41, 5.74) is 6.25. The van der Waals surface area contributed by atoms with Crippen LogP contribution in [0.2, 0.25) is 10.0 Å². The van der Waals surface area contributed by atoms with Gasteiger partial charge in [0.05, 0.1) is 22.3 Å². The molecule has 2 aromatic carbocycles. The number of amides is 1. The first-order valence-corrected chi connectivity index (χ1v) is 7.04. The van der Waals surface area contributed by atoms with Crippen molar-refractivity contribution in [3.63, 3.8) is 0 Å². The molecular weight excluding hydrogens is 311 g/mol. The Hall–Kier alpha value is -1.91. The van der Waals surface area contributed by atoms with E-state index in [9.17, 15) is 4.79 Å². The van der Waals surface area contributed by atoms with Gasteiger partial charge in [0.15, 0.2) is 0 Å². The minimum atomic E-state index is -0.282. The van der Waals surface area contributed by atoms with E-state index < -0.39 is 0 Å². The van der Waals surface area contributed by atoms with Crippen molar-refractivity contribution in [2.75, 3.05) is 18.9 Å². The number of anilines is 1. The molecule has 1 amide bonds. The Morgan fingerprint density at radius 3 is 2.38 bits per heavy atom. The summed E-state index contributed by atoms with van der Waals surface area (Å²) < 4.78 is 5.47. The van der Waals surface area contributed by atoms with Crippen LogP contribution in [0.25, 0.3) is 0 Å². The molecule has 0 heterocycles. The Bertz CT molecular complexity index is 610. The minimum absolute atomic E-state index is 0.258. The van der Waals surface area contributed by atoms with Crippen molar-refractivity contribution in [3.05, 3.63) is 58.1 Å². The molecule has 0 aromatic heterocycles. The van der Waals surface area contributed by atoms with Gasteiger partial charge in [-0.05, 0) is 24.3 Å². The van der Waals surface area contributed by atoms with E-state index in [-0.39, 0.29) is 21.6 Å². The molecule has 0 bridgehead atoms. The molecule has 0 saturated heterocycles. The van der Waals surface area contributed by atoms with Gasteiger partial charge in [-0.3, -0.25) is 4.79 Å². The minimum Gasteiger partial charge on any atom is -0.492 e. The van der Waals surface area contributed by atoms with Crippen molar-refractivity contribution in [1.29, 1.82) is 0 Å². The van der Waals surface area contributed by atoms with E-state index in [1.165, 1.54) is 12.1 Å². The summed E-state index contributed by atoms with van der Waals surface area (Å²) >= 11 is 11.8. The fourth-order valence-electron chi connectivity index (χ4n) is 1.67. The molecule has 0 spiro atoms. The number of para-hydroxylation sites is 1. The summed E-state index contributed by atoms with van der Waals surface area (Å²) in [7, 11) is 0. The Balaban J connectivity index is 1.85. The molecule has 0 unspecified atom stereocenters. The topological polar surface area (TPSA) is 64.4 Å². The molecule has 2 rings (SSSR count). The van der Waals surface area contributed by atoms with E-state index in [4.69, 9.17) is 33.7 Å². The maximum atomic E-state index is 11.9. The van der Waals surface area contributed by atoms with E-state index >= 15 is 0 Å². The number of halogens is 2. The maximum absolute atomic E-state index is 11.9. The summed E-state index contributed by atoms with van der Waals surface area (Å²) in [6, 6.07) is 12.3. The highest BCUT2D eigenvalue weighted by Crippen LogP contribution is 2.28. The molecule has 3 N–H and O–H groups in total. The molecule has 0 atom stereocenters. The molecule has 4 nitrogen and oxygen atoms in total. The van der Waals surface area contributed by atoms with Gasteiger partial charge in [-0.1, -0.05) is 41.4 Å². The Morgan fingerprint density at radius 1 is 1.14 bits per heavy atom. The van der Waals surface area contributed by atoms with Gasteiger partial charge in [0, 0.05) is 5.56 Å². The van der Waals surface area contributed by atoms with Gasteiger partial charge in [0.25, 0.3) is 5.91 Å². The lowest BCUT2D eigenvalue weighted by Gasteiger charge is -2.09. The highest BCUT2D eigenvalue weighted by molar-refractivity contribution is 6.39. The zero-order valence-corrected chi connectivity index (χ0v) is 12.6. The standard InChI is InChI=1S/C15H14Cl2N2O2/c16-12-8-10(9-13(17)14(12)18)15(20)19-6-7-21-11-4-2-1-3-5-11/h1-5,8-9H,6-7,18H2,(H,19,20). The number of hydrogen-bond donors (Lipinski definition) is 2. The summed E-state index contributed by atoms with van der Waals surface area (Å²) in [6.07, 6.45) is 0. The van der Waals surface area contributed by atoms with Crippen LogP contribution < -0.4 is 15.8 Å². The zero-order valence-electron chi connectivity index (χ0n) is 11.1. The van der Waals surface area contributed by atoms with Gasteiger partial charge in [0.1, 0.15) is 12.4 Å². The lowest BCUT2D eigenvalue weighted by molar-refractivity contribution is 0.0947. The molecule has 0 saturated carbocycles. The van der Waals surface area contributed by atoms with Crippen LogP contribution in [0.1, 0.15) is 10.4 Å². The Kier molecular flexibility index (Phi) is 5.31. The van der Waals surface area contributed by atoms with Crippen LogP contribution >= 0.6 is 23.2 Å². The third-order valence-corrected chi connectivity index (χ3v) is 3.37. The fraction of sp³-hybridized carbons (Fsp3) is 0.133. The van der Waals surface area contributed by atoms with E-state index in [2.05, 4.69) is 5.32 Å². The lowest BCUT2D eigenvalue weighted by atomic mass is 10.2. The largest absolute Gasteiger partial charge is 0.492 e. The number of hydrogen-bond acceptors (Lipinski definition) is 3. The van der Waals surface area contributed by atoms with E-state index in [1.54, 1.807) is 0 Å². The summed E-state index contributed by atoms with van der Waals surface area (Å²) in [5.74, 6) is 0.473. The van der Waals surface area contributed by atoms with Crippen molar-refractivity contribution in [2.24, 2.45) is 0 Å². The third-order valence-electron chi connectivity index (χ3n) is 2.74. The van der Waals surface area contributed by atoms with Crippen LogP contribution in [0.5, 0.6) is 5.75 Å². The summed E-state index contributed by atoms with van der Waals surface area (Å²) in [5, 5.41) is 3.24. The first-order chi connectivity index (χ1) is 10.1. The molecule has 21 heavy (non-hydrogen) atoms. The van der Waals surface area contributed by atoms with Crippen molar-refractivity contribution in [3.8, 4) is 5.75 Å². The van der Waals surface area contributed by atoms with Gasteiger partial charge in [0.2, 0.25) is 0 Å². The highest BCUT2D eigenvalue weighted by atomic mass is 35.5. The SMILES string of the molecule is Nc1c(Cl)cc(C(=O)NCCOc2ccccc2)cc1Cl. The normalized spacial score (nSPS) is 10.2. The average Bonchev–Trinajstić information content (AvgIpc) is 2.49. The number of carbonyl (C=O) groups excluding carboxylic acids is 1. The quantitative estimate of drug-likeness (QED) is 0.654. The number of rotatable bonds is 5. The van der Waals surface area contributed by atoms with Crippen LogP contribution in [-0.4, -0.2) is 19.1 Å². The number of benzene rings is 2. The van der Waals surface area contributed by atoms with Gasteiger partial charge in [-0.2, -0.15) is 0 Å². The molecule has 2 aromatic rings. The van der Waals surface area contributed by atoms with Crippen molar-refractivity contribution >= 4 is 34.8 Å². The molecule has 0 aliphatic carbocycles. The summed E-state index contributed by atoms with van der Waals surface area (Å²) in [6.45, 7) is 0.736. The van der Waals surface area contributed by atoms with Gasteiger partial charge in [-0.15, -0.1) is 0 Å². The van der Waals surface area contributed by atoms with Crippen LogP contribution in [0.4, 0.5) is 5.69 Å². The molecule has 0 aliphatic rings. The Morgan fingerprint density at radius 2 is 1.76 bits per heavy atom. The number of nitrogens with two attached hydrogens (primary N) is 1. The predicted octanol–water partition coefficient (Wildman–Crippen LogP) is 3.38. The van der Waals surface area contributed by atoms with E-state index in [0.29, 0.717) is 18.7 Å². The van der Waals surface area contributed by atoms with Crippen LogP contribution in [0, 0.1) is 0 Å². The zero-order chi connectivity index (χ0) is 15.2. The second-order valence-corrected chi connectivity index (χ2v) is 5.09. The number of ether oxygens (including phenoxy) is 1. The average molecular weight is 325 g/mol. The van der Waals surface area contributed by atoms with Gasteiger partial charge in [-0.25, -0.2) is 0 Å². The van der Waals surface area contributed by atoms with E-state index in [0.717, 1.165) is 5.75 Å². The first-order valence-electron chi connectivity index (χ1n) is 6.28. The lowest BCUT2D eigenvalue weighted by Crippen LogP contribution is -2.28. The smallest absolute Gasteiger partial charge is 0.251 e. The van der Waals surface area contributed by atoms with Crippen LogP contribution in [-0.2, 0) is 0 Å². The second kappa shape index (κ2) is 7.20. The van der Waals surface area contributed by atoms with Crippen molar-refractivity contribution in [1.82, 2.24) is 5.32 Å². The number of carbonyl (C=O) groups is 1. The summed E-state index contributed by atoms with van der Waals surface area (Å²) in [4.78, 5) is 11.9. The van der Waals surface area contributed by atoms with Gasteiger partial charge >= 0.3 is 0 Å². The maximum Gasteiger partial charge on any atom is 0.251 e. The van der Waals surface area contributed by atoms with Crippen molar-refractivity contribution < 1.29 is 9.53 Å². The monoisotopic (exact) mass is 324 g/mol. The van der Waals surface area contributed by atoms with E-state index in [1.807, 2.05) is 30.3 Å². The molecule has 0 fully saturated rings. The third kappa shape index (κ3) is 4.28. The molecule has 110 valence electrons. The van der Waals surface area contributed by atoms with Crippen LogP contribution in [0.3, 0.4) is 0 Å². The predicted molar refractivity (Wildman–Crippen MR) is 85.1 cm³/mol. The first kappa shape index (κ1) is 15.5. The molecule has 0 radical (unpaired) electrons. The molecule has 0 aliphatic heterocycles. The van der Waals surface area contributed by atoms with Crippen molar-refractivity contribution in [2.45, 2.75) is 0 Å². The van der Waals surface area contributed by atoms with Crippen LogP contribution in [0.15, 0.2) is 42.5 Å². The number of nitrogen functional groups attached to an aromatic ring is 1. The molecular formula is C15H14Cl2N2O2. The molecule has 6 heteroatoms. The highest BCUT2D eigenvalue weighted by Gasteiger charge is 2.10.